The lowest BCUT2D eigenvalue weighted by molar-refractivity contribution is -0.127. The summed E-state index contributed by atoms with van der Waals surface area (Å²) in [5.74, 6) is -6.98. The Balaban J connectivity index is 1.54. The Hall–Kier alpha value is -3.75. The molecule has 0 bridgehead atoms. The van der Waals surface area contributed by atoms with Crippen molar-refractivity contribution in [2.24, 2.45) is 11.8 Å². The molecule has 3 atom stereocenters. The average Bonchev–Trinajstić information content (AvgIpc) is 3.41. The van der Waals surface area contributed by atoms with E-state index in [-0.39, 0.29) is 21.8 Å². The van der Waals surface area contributed by atoms with Crippen molar-refractivity contribution in [2.75, 3.05) is 4.90 Å². The summed E-state index contributed by atoms with van der Waals surface area (Å²) in [6.45, 7) is 0. The third-order valence-corrected chi connectivity index (χ3v) is 7.17. The van der Waals surface area contributed by atoms with Crippen molar-refractivity contribution in [1.82, 2.24) is 0 Å². The van der Waals surface area contributed by atoms with Crippen molar-refractivity contribution in [3.05, 3.63) is 100 Å². The van der Waals surface area contributed by atoms with Gasteiger partial charge in [-0.15, -0.1) is 0 Å². The second kappa shape index (κ2) is 7.37. The van der Waals surface area contributed by atoms with Gasteiger partial charge in [0, 0.05) is 11.1 Å². The van der Waals surface area contributed by atoms with E-state index in [4.69, 9.17) is 16.3 Å². The molecule has 3 aromatic rings. The first kappa shape index (κ1) is 21.8. The summed E-state index contributed by atoms with van der Waals surface area (Å²) in [5.41, 5.74) is -1.73. The minimum Gasteiger partial charge on any atom is -0.349 e. The van der Waals surface area contributed by atoms with Crippen LogP contribution in [-0.2, 0) is 14.3 Å². The average molecular weight is 494 g/mol. The van der Waals surface area contributed by atoms with Crippen molar-refractivity contribution in [3.63, 3.8) is 0 Å². The highest BCUT2D eigenvalue weighted by Gasteiger charge is 2.74. The predicted octanol–water partition coefficient (Wildman–Crippen LogP) is 4.31. The number of amides is 2. The third-order valence-electron chi connectivity index (χ3n) is 6.88. The number of carbonyl (C=O) groups excluding carboxylic acids is 4. The largest absolute Gasteiger partial charge is 0.349 e. The van der Waals surface area contributed by atoms with Crippen molar-refractivity contribution in [2.45, 2.75) is 11.7 Å². The number of carbonyl (C=O) groups is 4. The van der Waals surface area contributed by atoms with Crippen LogP contribution in [0.4, 0.5) is 14.5 Å². The quantitative estimate of drug-likeness (QED) is 0.392. The molecule has 0 aromatic heterocycles. The molecule has 3 aliphatic rings. The van der Waals surface area contributed by atoms with Gasteiger partial charge in [-0.3, -0.25) is 19.2 Å². The Morgan fingerprint density at radius 1 is 0.829 bits per heavy atom. The highest BCUT2D eigenvalue weighted by molar-refractivity contribution is 6.37. The number of anilines is 1. The van der Waals surface area contributed by atoms with E-state index in [1.165, 1.54) is 30.3 Å². The van der Waals surface area contributed by atoms with Gasteiger partial charge in [0.05, 0.1) is 28.6 Å². The summed E-state index contributed by atoms with van der Waals surface area (Å²) in [6, 6.07) is 14.5. The van der Waals surface area contributed by atoms with Gasteiger partial charge in [0.2, 0.25) is 29.0 Å². The lowest BCUT2D eigenvalue weighted by Gasteiger charge is -2.27. The maximum Gasteiger partial charge on any atom is 0.241 e. The Labute approximate surface area is 202 Å². The molecular weight excluding hydrogens is 480 g/mol. The van der Waals surface area contributed by atoms with Crippen LogP contribution in [0.1, 0.15) is 32.4 Å². The van der Waals surface area contributed by atoms with E-state index in [1.807, 2.05) is 0 Å². The zero-order chi connectivity index (χ0) is 24.6. The van der Waals surface area contributed by atoms with Crippen molar-refractivity contribution < 1.29 is 32.7 Å². The van der Waals surface area contributed by atoms with Crippen LogP contribution in [0, 0.1) is 23.5 Å². The minimum atomic E-state index is -2.25. The molecule has 6 rings (SSSR count). The first-order chi connectivity index (χ1) is 16.8. The number of imide groups is 1. The molecule has 0 saturated carbocycles. The van der Waals surface area contributed by atoms with Gasteiger partial charge in [0.25, 0.3) is 0 Å². The predicted molar refractivity (Wildman–Crippen MR) is 119 cm³/mol. The molecule has 35 heavy (non-hydrogen) atoms. The van der Waals surface area contributed by atoms with E-state index in [0.717, 1.165) is 29.2 Å². The van der Waals surface area contributed by atoms with Crippen LogP contribution < -0.4 is 4.90 Å². The van der Waals surface area contributed by atoms with E-state index in [9.17, 15) is 28.0 Å². The van der Waals surface area contributed by atoms with Gasteiger partial charge in [0.1, 0.15) is 11.6 Å². The smallest absolute Gasteiger partial charge is 0.241 e. The summed E-state index contributed by atoms with van der Waals surface area (Å²) < 4.78 is 33.5. The highest BCUT2D eigenvalue weighted by atomic mass is 35.5. The first-order valence-electron chi connectivity index (χ1n) is 10.7. The molecular formula is C26H14ClF2NO5. The molecule has 6 nitrogen and oxygen atoms in total. The maximum absolute atomic E-state index is 13.8. The van der Waals surface area contributed by atoms with Gasteiger partial charge in [0.15, 0.2) is 0 Å². The summed E-state index contributed by atoms with van der Waals surface area (Å²) in [7, 11) is 0. The number of fused-ring (bicyclic) bond motifs is 3. The summed E-state index contributed by atoms with van der Waals surface area (Å²) in [6.07, 6.45) is -1.18. The van der Waals surface area contributed by atoms with Gasteiger partial charge in [-0.2, -0.15) is 0 Å². The number of rotatable bonds is 2. The van der Waals surface area contributed by atoms with E-state index < -0.39 is 58.6 Å². The fraction of sp³-hybridized carbons (Fsp3) is 0.154. The van der Waals surface area contributed by atoms with E-state index in [2.05, 4.69) is 0 Å². The summed E-state index contributed by atoms with van der Waals surface area (Å²) >= 11 is 5.88. The molecule has 1 spiro atoms. The van der Waals surface area contributed by atoms with E-state index in [1.54, 1.807) is 12.1 Å². The van der Waals surface area contributed by atoms with Gasteiger partial charge in [-0.1, -0.05) is 48.0 Å². The zero-order valence-corrected chi connectivity index (χ0v) is 18.5. The number of halogens is 3. The zero-order valence-electron chi connectivity index (χ0n) is 17.7. The Morgan fingerprint density at radius 3 is 2.06 bits per heavy atom. The number of hydrogen-bond acceptors (Lipinski definition) is 5. The number of Topliss-reactive ketones (excluding diaryl/α,β-unsaturated/α-hetero) is 2. The third kappa shape index (κ3) is 2.78. The molecule has 2 fully saturated rings. The Kier molecular flexibility index (Phi) is 4.58. The summed E-state index contributed by atoms with van der Waals surface area (Å²) in [5, 5.41) is -0.304. The molecule has 3 aromatic carbocycles. The summed E-state index contributed by atoms with van der Waals surface area (Å²) in [4.78, 5) is 55.5. The van der Waals surface area contributed by atoms with Gasteiger partial charge >= 0.3 is 0 Å². The van der Waals surface area contributed by atoms with Crippen LogP contribution in [0.3, 0.4) is 0 Å². The maximum atomic E-state index is 13.8. The Bertz CT molecular complexity index is 1440. The SMILES string of the molecule is O=C1[C@@H]2[C@@H](c3ccc(F)cc3)OC3(C(=O)c4ccccc4C3=O)[C@@H]2C(=O)N1c1ccc(F)c(Cl)c1. The van der Waals surface area contributed by atoms with Gasteiger partial charge < -0.3 is 4.74 Å². The molecule has 9 heteroatoms. The first-order valence-corrected chi connectivity index (χ1v) is 11.1. The fourth-order valence-electron chi connectivity index (χ4n) is 5.35. The normalized spacial score (nSPS) is 24.4. The number of ketones is 2. The second-order valence-electron chi connectivity index (χ2n) is 8.64. The molecule has 0 radical (unpaired) electrons. The van der Waals surface area contributed by atoms with Crippen LogP contribution in [0.5, 0.6) is 0 Å². The molecule has 2 aliphatic heterocycles. The van der Waals surface area contributed by atoms with E-state index >= 15 is 0 Å². The van der Waals surface area contributed by atoms with Gasteiger partial charge in [-0.25, -0.2) is 13.7 Å². The van der Waals surface area contributed by atoms with Crippen LogP contribution in [-0.4, -0.2) is 29.0 Å². The molecule has 1 aliphatic carbocycles. The molecule has 0 N–H and O–H groups in total. The van der Waals surface area contributed by atoms with Crippen LogP contribution in [0.2, 0.25) is 5.02 Å². The van der Waals surface area contributed by atoms with Crippen molar-refractivity contribution in [3.8, 4) is 0 Å². The number of benzene rings is 3. The molecule has 2 saturated heterocycles. The topological polar surface area (TPSA) is 80.8 Å². The molecule has 174 valence electrons. The van der Waals surface area contributed by atoms with Crippen LogP contribution >= 0.6 is 11.6 Å². The second-order valence-corrected chi connectivity index (χ2v) is 9.05. The molecule has 2 amide bonds. The van der Waals surface area contributed by atoms with Crippen LogP contribution in [0.25, 0.3) is 0 Å². The molecule has 2 heterocycles. The lowest BCUT2D eigenvalue weighted by atomic mass is 9.77. The van der Waals surface area contributed by atoms with Crippen molar-refractivity contribution in [1.29, 1.82) is 0 Å². The van der Waals surface area contributed by atoms with Gasteiger partial charge in [-0.05, 0) is 35.9 Å². The monoisotopic (exact) mass is 493 g/mol. The lowest BCUT2D eigenvalue weighted by Crippen LogP contribution is -2.51. The van der Waals surface area contributed by atoms with Crippen LogP contribution in [0.15, 0.2) is 66.7 Å². The number of ether oxygens (including phenoxy) is 1. The number of hydrogen-bond donors (Lipinski definition) is 0. The molecule has 0 unspecified atom stereocenters. The fourth-order valence-corrected chi connectivity index (χ4v) is 5.52. The Morgan fingerprint density at radius 2 is 1.46 bits per heavy atom. The number of nitrogens with zero attached hydrogens (tertiary/aromatic N) is 1. The highest BCUT2D eigenvalue weighted by Crippen LogP contribution is 2.57. The minimum absolute atomic E-state index is 0.00390. The van der Waals surface area contributed by atoms with E-state index in [0.29, 0.717) is 5.56 Å². The van der Waals surface area contributed by atoms with Crippen molar-refractivity contribution >= 4 is 40.7 Å². The standard InChI is InChI=1S/C26H14ClF2NO5/c27-17-11-14(9-10-18(17)29)30-24(33)19-20(25(30)34)26(35-21(19)12-5-7-13(28)8-6-12)22(31)15-3-1-2-4-16(15)23(26)32/h1-11,19-21H/t19-,20-,21+/m0/s1.